The Labute approximate surface area is 257 Å². The molecule has 0 unspecified atom stereocenters. The number of piperidine rings is 1. The van der Waals surface area contributed by atoms with Gasteiger partial charge in [-0.15, -0.1) is 11.3 Å². The minimum Gasteiger partial charge on any atom is -0.489 e. The molecular weight excluding hydrogens is 591 g/mol. The van der Waals surface area contributed by atoms with E-state index in [2.05, 4.69) is 21.9 Å². The summed E-state index contributed by atoms with van der Waals surface area (Å²) < 4.78 is 32.9. The Morgan fingerprint density at radius 2 is 1.86 bits per heavy atom. The molecule has 0 saturated carbocycles. The van der Waals surface area contributed by atoms with Crippen LogP contribution in [0.25, 0.3) is 27.2 Å². The van der Waals surface area contributed by atoms with Crippen LogP contribution in [0, 0.1) is 5.95 Å². The summed E-state index contributed by atoms with van der Waals surface area (Å²) in [4.78, 5) is 23.7. The molecule has 6 rings (SSSR count). The number of aromatic nitrogens is 3. The lowest BCUT2D eigenvalue weighted by Gasteiger charge is -2.30. The van der Waals surface area contributed by atoms with Gasteiger partial charge in [-0.2, -0.15) is 4.39 Å². The Morgan fingerprint density at radius 1 is 1.07 bits per heavy atom. The van der Waals surface area contributed by atoms with Crippen LogP contribution in [0.4, 0.5) is 4.39 Å². The summed E-state index contributed by atoms with van der Waals surface area (Å²) in [7, 11) is 3.45. The maximum absolute atomic E-state index is 13.3. The smallest absolute Gasteiger partial charge is 0.351 e. The minimum atomic E-state index is -0.531. The van der Waals surface area contributed by atoms with E-state index < -0.39 is 18.0 Å². The number of halogens is 2. The number of ether oxygens (including phenoxy) is 3. The molecule has 0 amide bonds. The molecule has 0 radical (unpaired) electrons. The first-order valence-electron chi connectivity index (χ1n) is 13.9. The summed E-state index contributed by atoms with van der Waals surface area (Å²) in [6.07, 6.45) is 4.69. The van der Waals surface area contributed by atoms with E-state index in [-0.39, 0.29) is 6.10 Å². The molecule has 2 aromatic carbocycles. The molecule has 0 spiro atoms. The van der Waals surface area contributed by atoms with E-state index in [1.807, 2.05) is 47.9 Å². The van der Waals surface area contributed by atoms with Crippen LogP contribution in [0.1, 0.15) is 41.1 Å². The summed E-state index contributed by atoms with van der Waals surface area (Å²) in [5.41, 5.74) is 3.97. The van der Waals surface area contributed by atoms with Gasteiger partial charge in [-0.1, -0.05) is 29.8 Å². The molecule has 1 aliphatic rings. The molecule has 11 heteroatoms. The van der Waals surface area contributed by atoms with Crippen LogP contribution in [-0.2, 0) is 4.74 Å². The monoisotopic (exact) mass is 620 g/mol. The van der Waals surface area contributed by atoms with Crippen molar-refractivity contribution in [3.05, 3.63) is 88.5 Å². The lowest BCUT2D eigenvalue weighted by Crippen LogP contribution is -2.35. The first-order chi connectivity index (χ1) is 20.8. The van der Waals surface area contributed by atoms with Gasteiger partial charge in [0.2, 0.25) is 5.95 Å². The van der Waals surface area contributed by atoms with Gasteiger partial charge in [-0.3, -0.25) is 4.57 Å². The van der Waals surface area contributed by atoms with E-state index in [9.17, 15) is 9.18 Å². The number of benzene rings is 2. The molecule has 43 heavy (non-hydrogen) atoms. The molecule has 0 aliphatic carbocycles. The molecule has 3 aromatic heterocycles. The first kappa shape index (κ1) is 29.1. The van der Waals surface area contributed by atoms with Gasteiger partial charge >= 0.3 is 5.97 Å². The predicted octanol–water partition coefficient (Wildman–Crippen LogP) is 7.34. The van der Waals surface area contributed by atoms with Crippen molar-refractivity contribution in [1.82, 2.24) is 19.4 Å². The van der Waals surface area contributed by atoms with Crippen molar-refractivity contribution in [2.45, 2.75) is 32.0 Å². The maximum Gasteiger partial charge on any atom is 0.351 e. The fraction of sp³-hybridized carbons (Fsp3) is 0.281. The molecule has 0 bridgehead atoms. The van der Waals surface area contributed by atoms with Crippen molar-refractivity contribution in [3.8, 4) is 27.6 Å². The van der Waals surface area contributed by atoms with E-state index >= 15 is 0 Å². The highest BCUT2D eigenvalue weighted by molar-refractivity contribution is 7.16. The number of fused-ring (bicyclic) bond motifs is 1. The zero-order chi connectivity index (χ0) is 30.1. The summed E-state index contributed by atoms with van der Waals surface area (Å²) >= 11 is 8.07. The van der Waals surface area contributed by atoms with Crippen LogP contribution >= 0.6 is 22.9 Å². The van der Waals surface area contributed by atoms with Gasteiger partial charge in [-0.05, 0) is 62.7 Å². The summed E-state index contributed by atoms with van der Waals surface area (Å²) in [6.45, 7) is 3.85. The SMILES string of the molecule is COC(=O)c1sc(-n2cnc3cc(-c4ccc(F)nc4)ccc32)cc1O[C@H](C)c1cccc(OC2CCN(C)CC2)c1Cl. The zero-order valence-corrected chi connectivity index (χ0v) is 25.5. The second-order valence-electron chi connectivity index (χ2n) is 10.5. The molecule has 1 saturated heterocycles. The number of rotatable bonds is 8. The van der Waals surface area contributed by atoms with Crippen molar-refractivity contribution < 1.29 is 23.4 Å². The van der Waals surface area contributed by atoms with E-state index in [1.54, 1.807) is 18.5 Å². The van der Waals surface area contributed by atoms with Crippen molar-refractivity contribution >= 4 is 39.9 Å². The maximum atomic E-state index is 13.3. The lowest BCUT2D eigenvalue weighted by molar-refractivity contribution is 0.0600. The van der Waals surface area contributed by atoms with Gasteiger partial charge in [0, 0.05) is 36.5 Å². The quantitative estimate of drug-likeness (QED) is 0.133. The normalized spacial score (nSPS) is 15.0. The Morgan fingerprint density at radius 3 is 2.60 bits per heavy atom. The number of imidazole rings is 1. The Balaban J connectivity index is 1.27. The number of likely N-dealkylation sites (tertiary alicyclic amines) is 1. The van der Waals surface area contributed by atoms with Gasteiger partial charge in [0.05, 0.1) is 23.2 Å². The summed E-state index contributed by atoms with van der Waals surface area (Å²) in [6, 6.07) is 16.3. The summed E-state index contributed by atoms with van der Waals surface area (Å²) in [5, 5.41) is 1.23. The number of nitrogens with zero attached hydrogens (tertiary/aromatic N) is 4. The van der Waals surface area contributed by atoms with Crippen molar-refractivity contribution in [3.63, 3.8) is 0 Å². The van der Waals surface area contributed by atoms with Gasteiger partial charge in [0.25, 0.3) is 0 Å². The van der Waals surface area contributed by atoms with E-state index in [4.69, 9.17) is 25.8 Å². The molecule has 1 atom stereocenters. The second-order valence-corrected chi connectivity index (χ2v) is 11.9. The minimum absolute atomic E-state index is 0.110. The van der Waals surface area contributed by atoms with Crippen LogP contribution in [0.3, 0.4) is 0 Å². The molecular formula is C32H30ClFN4O4S. The van der Waals surface area contributed by atoms with Gasteiger partial charge in [-0.25, -0.2) is 14.8 Å². The number of carbonyl (C=O) groups is 1. The van der Waals surface area contributed by atoms with Gasteiger partial charge in [0.1, 0.15) is 35.0 Å². The number of hydrogen-bond donors (Lipinski definition) is 0. The molecule has 1 aliphatic heterocycles. The largest absolute Gasteiger partial charge is 0.489 e. The fourth-order valence-corrected chi connectivity index (χ4v) is 6.50. The first-order valence-corrected chi connectivity index (χ1v) is 15.1. The number of methoxy groups -OCH3 is 1. The number of thiophene rings is 1. The van der Waals surface area contributed by atoms with Crippen molar-refractivity contribution in [1.29, 1.82) is 0 Å². The number of pyridine rings is 1. The summed E-state index contributed by atoms with van der Waals surface area (Å²) in [5.74, 6) is -0.0205. The van der Waals surface area contributed by atoms with Crippen molar-refractivity contribution in [2.75, 3.05) is 27.2 Å². The third kappa shape index (κ3) is 6.08. The highest BCUT2D eigenvalue weighted by atomic mass is 35.5. The molecule has 0 N–H and O–H groups in total. The third-order valence-electron chi connectivity index (χ3n) is 7.60. The third-order valence-corrected chi connectivity index (χ3v) is 9.10. The Hall–Kier alpha value is -3.99. The second kappa shape index (κ2) is 12.3. The van der Waals surface area contributed by atoms with Crippen LogP contribution in [0.2, 0.25) is 5.02 Å². The fourth-order valence-electron chi connectivity index (χ4n) is 5.19. The number of carbonyl (C=O) groups excluding carboxylic acids is 1. The number of esters is 1. The van der Waals surface area contributed by atoms with Crippen molar-refractivity contribution in [2.24, 2.45) is 0 Å². The number of hydrogen-bond acceptors (Lipinski definition) is 8. The lowest BCUT2D eigenvalue weighted by atomic mass is 10.1. The topological polar surface area (TPSA) is 78.7 Å². The van der Waals surface area contributed by atoms with Crippen LogP contribution in [0.5, 0.6) is 11.5 Å². The molecule has 5 aromatic rings. The Bertz CT molecular complexity index is 1770. The van der Waals surface area contributed by atoms with Gasteiger partial charge < -0.3 is 19.1 Å². The standard InChI is InChI=1S/C32H30ClFN4O4S/c1-19(23-5-4-6-26(30(23)33)42-22-11-13-37(2)14-12-22)41-27-16-29(43-31(27)32(39)40-3)38-18-36-24-15-20(7-9-25(24)38)21-8-10-28(34)35-17-21/h4-10,15-19,22H,11-14H2,1-3H3/t19-/m1/s1. The molecule has 222 valence electrons. The van der Waals surface area contributed by atoms with Gasteiger partial charge in [0.15, 0.2) is 4.88 Å². The highest BCUT2D eigenvalue weighted by Crippen LogP contribution is 2.40. The molecule has 8 nitrogen and oxygen atoms in total. The molecule has 4 heterocycles. The average Bonchev–Trinajstić information content (AvgIpc) is 3.63. The zero-order valence-electron chi connectivity index (χ0n) is 23.9. The van der Waals surface area contributed by atoms with Crippen LogP contribution in [-0.4, -0.2) is 58.8 Å². The van der Waals surface area contributed by atoms with E-state index in [1.165, 1.54) is 30.7 Å². The highest BCUT2D eigenvalue weighted by Gasteiger charge is 2.25. The Kier molecular flexibility index (Phi) is 8.34. The average molecular weight is 621 g/mol. The van der Waals surface area contributed by atoms with E-state index in [0.29, 0.717) is 21.4 Å². The van der Waals surface area contributed by atoms with E-state index in [0.717, 1.165) is 58.7 Å². The van der Waals surface area contributed by atoms with Crippen LogP contribution in [0.15, 0.2) is 67.1 Å². The molecule has 1 fully saturated rings. The van der Waals surface area contributed by atoms with Crippen LogP contribution < -0.4 is 9.47 Å². The predicted molar refractivity (Wildman–Crippen MR) is 165 cm³/mol.